The van der Waals surface area contributed by atoms with E-state index in [1.165, 1.54) is 22.4 Å². The summed E-state index contributed by atoms with van der Waals surface area (Å²) in [6, 6.07) is 57.3. The van der Waals surface area contributed by atoms with Crippen molar-refractivity contribution < 1.29 is 4.42 Å². The van der Waals surface area contributed by atoms with Crippen molar-refractivity contribution in [3.05, 3.63) is 175 Å². The molecule has 4 nitrogen and oxygen atoms in total. The molecule has 1 aliphatic rings. The highest BCUT2D eigenvalue weighted by Gasteiger charge is 2.42. The molecule has 0 spiro atoms. The Hall–Kier alpha value is -6.52. The van der Waals surface area contributed by atoms with E-state index in [1.807, 2.05) is 36.4 Å². The molecule has 0 saturated carbocycles. The van der Waals surface area contributed by atoms with Crippen molar-refractivity contribution in [2.45, 2.75) is 19.3 Å². The minimum Gasteiger partial charge on any atom is -0.454 e. The predicted molar refractivity (Wildman–Crippen MR) is 208 cm³/mol. The van der Waals surface area contributed by atoms with Crippen LogP contribution in [-0.2, 0) is 5.41 Å². The Balaban J connectivity index is 1.11. The van der Waals surface area contributed by atoms with E-state index in [9.17, 15) is 0 Å². The van der Waals surface area contributed by atoms with Gasteiger partial charge in [0.05, 0.1) is 11.4 Å². The van der Waals surface area contributed by atoms with Gasteiger partial charge in [-0.3, -0.25) is 0 Å². The second kappa shape index (κ2) is 11.3. The van der Waals surface area contributed by atoms with Crippen LogP contribution in [0.15, 0.2) is 168 Å². The molecule has 10 rings (SSSR count). The molecule has 9 aromatic rings. The molecule has 0 N–H and O–H groups in total. The molecule has 1 aliphatic carbocycles. The van der Waals surface area contributed by atoms with Crippen LogP contribution in [-0.4, -0.2) is 14.5 Å². The molecule has 4 heteroatoms. The second-order valence-corrected chi connectivity index (χ2v) is 13.8. The SMILES string of the molecule is CC1(C)c2ccccc2-c2c1n(-c1ccccc1)c1c2oc2ccc(-c3ccc(-c4nc(-c5ccccc5)cc(-c5ccccc5)n4)cc3)cc21. The third-order valence-corrected chi connectivity index (χ3v) is 10.4. The maximum Gasteiger partial charge on any atom is 0.161 e. The van der Waals surface area contributed by atoms with E-state index in [-0.39, 0.29) is 5.41 Å². The number of aromatic nitrogens is 3. The van der Waals surface area contributed by atoms with Crippen LogP contribution in [0.25, 0.3) is 83.9 Å². The first kappa shape index (κ1) is 29.4. The average molecular weight is 656 g/mol. The number of hydrogen-bond acceptors (Lipinski definition) is 3. The maximum absolute atomic E-state index is 6.77. The van der Waals surface area contributed by atoms with Gasteiger partial charge in [0.25, 0.3) is 0 Å². The van der Waals surface area contributed by atoms with Crippen LogP contribution in [0.3, 0.4) is 0 Å². The largest absolute Gasteiger partial charge is 0.454 e. The van der Waals surface area contributed by atoms with Gasteiger partial charge in [0.2, 0.25) is 0 Å². The highest BCUT2D eigenvalue weighted by molar-refractivity contribution is 6.13. The first-order chi connectivity index (χ1) is 25.0. The topological polar surface area (TPSA) is 43.9 Å². The van der Waals surface area contributed by atoms with Crippen molar-refractivity contribution in [1.29, 1.82) is 0 Å². The number of para-hydroxylation sites is 1. The van der Waals surface area contributed by atoms with Crippen molar-refractivity contribution >= 4 is 22.1 Å². The van der Waals surface area contributed by atoms with Crippen molar-refractivity contribution in [1.82, 2.24) is 14.5 Å². The van der Waals surface area contributed by atoms with Gasteiger partial charge in [-0.2, -0.15) is 0 Å². The van der Waals surface area contributed by atoms with E-state index in [4.69, 9.17) is 14.4 Å². The van der Waals surface area contributed by atoms with Gasteiger partial charge in [-0.15, -0.1) is 0 Å². The number of rotatable bonds is 5. The minimum absolute atomic E-state index is 0.191. The van der Waals surface area contributed by atoms with E-state index in [2.05, 4.69) is 146 Å². The van der Waals surface area contributed by atoms with Crippen LogP contribution in [0.5, 0.6) is 0 Å². The molecule has 242 valence electrons. The fourth-order valence-corrected chi connectivity index (χ4v) is 7.94. The minimum atomic E-state index is -0.191. The molecule has 0 unspecified atom stereocenters. The van der Waals surface area contributed by atoms with Crippen molar-refractivity contribution in [2.75, 3.05) is 0 Å². The van der Waals surface area contributed by atoms with E-state index in [0.717, 1.165) is 67.0 Å². The van der Waals surface area contributed by atoms with Gasteiger partial charge in [0.1, 0.15) is 11.1 Å². The molecule has 0 amide bonds. The zero-order chi connectivity index (χ0) is 34.1. The molecule has 0 radical (unpaired) electrons. The summed E-state index contributed by atoms with van der Waals surface area (Å²) in [7, 11) is 0. The van der Waals surface area contributed by atoms with Gasteiger partial charge in [0, 0.05) is 44.4 Å². The lowest BCUT2D eigenvalue weighted by Gasteiger charge is -2.24. The lowest BCUT2D eigenvalue weighted by atomic mass is 9.85. The quantitative estimate of drug-likeness (QED) is 0.185. The van der Waals surface area contributed by atoms with Crippen LogP contribution in [0.2, 0.25) is 0 Å². The molecule has 6 aromatic carbocycles. The zero-order valence-corrected chi connectivity index (χ0v) is 28.3. The number of nitrogens with zero attached hydrogens (tertiary/aromatic N) is 3. The highest BCUT2D eigenvalue weighted by atomic mass is 16.3. The van der Waals surface area contributed by atoms with Gasteiger partial charge in [0.15, 0.2) is 11.4 Å². The fourth-order valence-electron chi connectivity index (χ4n) is 7.94. The smallest absolute Gasteiger partial charge is 0.161 e. The Morgan fingerprint density at radius 1 is 0.529 bits per heavy atom. The van der Waals surface area contributed by atoms with E-state index in [1.54, 1.807) is 0 Å². The Bertz CT molecular complexity index is 2680. The molecule has 0 bridgehead atoms. The summed E-state index contributed by atoms with van der Waals surface area (Å²) in [6.07, 6.45) is 0. The molecule has 0 saturated heterocycles. The summed E-state index contributed by atoms with van der Waals surface area (Å²) < 4.78 is 9.21. The second-order valence-electron chi connectivity index (χ2n) is 13.8. The first-order valence-electron chi connectivity index (χ1n) is 17.4. The Labute approximate surface area is 296 Å². The zero-order valence-electron chi connectivity index (χ0n) is 28.3. The van der Waals surface area contributed by atoms with Crippen LogP contribution in [0.4, 0.5) is 0 Å². The molecule has 0 aliphatic heterocycles. The summed E-state index contributed by atoms with van der Waals surface area (Å²) in [4.78, 5) is 10.1. The Kier molecular flexibility index (Phi) is 6.49. The van der Waals surface area contributed by atoms with Gasteiger partial charge < -0.3 is 8.98 Å². The fraction of sp³-hybridized carbons (Fsp3) is 0.0638. The number of hydrogen-bond donors (Lipinski definition) is 0. The predicted octanol–water partition coefficient (Wildman–Crippen LogP) is 12.1. The van der Waals surface area contributed by atoms with Crippen LogP contribution in [0, 0.1) is 0 Å². The summed E-state index contributed by atoms with van der Waals surface area (Å²) in [6.45, 7) is 4.65. The van der Waals surface area contributed by atoms with Crippen molar-refractivity contribution in [3.8, 4) is 61.8 Å². The monoisotopic (exact) mass is 655 g/mol. The molecule has 3 aromatic heterocycles. The first-order valence-corrected chi connectivity index (χ1v) is 17.4. The van der Waals surface area contributed by atoms with Gasteiger partial charge in [-0.05, 0) is 52.6 Å². The van der Waals surface area contributed by atoms with Crippen LogP contribution < -0.4 is 0 Å². The van der Waals surface area contributed by atoms with Crippen LogP contribution >= 0.6 is 0 Å². The average Bonchev–Trinajstić information content (AvgIpc) is 3.81. The van der Waals surface area contributed by atoms with Gasteiger partial charge in [-0.25, -0.2) is 9.97 Å². The number of fused-ring (bicyclic) bond motifs is 7. The Morgan fingerprint density at radius 2 is 1.10 bits per heavy atom. The summed E-state index contributed by atoms with van der Waals surface area (Å²) in [5.74, 6) is 0.701. The summed E-state index contributed by atoms with van der Waals surface area (Å²) in [5, 5.41) is 1.10. The van der Waals surface area contributed by atoms with Crippen molar-refractivity contribution in [3.63, 3.8) is 0 Å². The molecule has 0 atom stereocenters. The molecule has 0 fully saturated rings. The normalized spacial score (nSPS) is 13.1. The summed E-state index contributed by atoms with van der Waals surface area (Å²) >= 11 is 0. The molecule has 51 heavy (non-hydrogen) atoms. The lowest BCUT2D eigenvalue weighted by molar-refractivity contribution is 0.624. The lowest BCUT2D eigenvalue weighted by Crippen LogP contribution is -2.19. The van der Waals surface area contributed by atoms with Crippen LogP contribution in [0.1, 0.15) is 25.1 Å². The third-order valence-electron chi connectivity index (χ3n) is 10.4. The highest BCUT2D eigenvalue weighted by Crippen LogP contribution is 2.55. The number of furan rings is 1. The Morgan fingerprint density at radius 3 is 1.76 bits per heavy atom. The van der Waals surface area contributed by atoms with Gasteiger partial charge >= 0.3 is 0 Å². The molecule has 3 heterocycles. The van der Waals surface area contributed by atoms with E-state index >= 15 is 0 Å². The summed E-state index contributed by atoms with van der Waals surface area (Å²) in [5.41, 5.74) is 16.1. The number of benzene rings is 6. The third kappa shape index (κ3) is 4.60. The van der Waals surface area contributed by atoms with Crippen molar-refractivity contribution in [2.24, 2.45) is 0 Å². The van der Waals surface area contributed by atoms with E-state index in [0.29, 0.717) is 5.82 Å². The van der Waals surface area contributed by atoms with E-state index < -0.39 is 0 Å². The molecular formula is C47H33N3O. The standard InChI is InChI=1S/C47H33N3O/c1-47(2)38-21-13-12-20-36(38)42-44-43(50(45(42)47)35-18-10-5-11-19-35)37-28-34(26-27-41(37)51-44)30-22-24-33(25-23-30)46-48-39(31-14-6-3-7-15-31)29-40(49-46)32-16-8-4-9-17-32/h3-29H,1-2H3. The maximum atomic E-state index is 6.77. The molecular weight excluding hydrogens is 623 g/mol. The van der Waals surface area contributed by atoms with Gasteiger partial charge in [-0.1, -0.05) is 147 Å².